The maximum Gasteiger partial charge on any atom is 0.242 e. The van der Waals surface area contributed by atoms with Crippen molar-refractivity contribution in [3.63, 3.8) is 0 Å². The summed E-state index contributed by atoms with van der Waals surface area (Å²) in [5.41, 5.74) is 0.977. The van der Waals surface area contributed by atoms with Crippen LogP contribution < -0.4 is 0 Å². The Balaban J connectivity index is 1.99. The first-order chi connectivity index (χ1) is 10.9. The van der Waals surface area contributed by atoms with Crippen molar-refractivity contribution >= 4 is 27.7 Å². The Kier molecular flexibility index (Phi) is 5.60. The molecule has 0 N–H and O–H groups in total. The minimum absolute atomic E-state index is 0.0616. The minimum Gasteiger partial charge on any atom is -0.459 e. The third-order valence-corrected chi connectivity index (χ3v) is 4.05. The summed E-state index contributed by atoms with van der Waals surface area (Å²) in [7, 11) is 3.30. The molecule has 2 amide bonds. The molecule has 23 heavy (non-hydrogen) atoms. The topological polar surface area (TPSA) is 53.8 Å². The molecule has 2 aromatic rings. The van der Waals surface area contributed by atoms with Crippen LogP contribution in [0.1, 0.15) is 12.7 Å². The Morgan fingerprint density at radius 3 is 2.30 bits per heavy atom. The number of benzene rings is 1. The lowest BCUT2D eigenvalue weighted by Crippen LogP contribution is -2.38. The molecule has 5 nitrogen and oxygen atoms in total. The van der Waals surface area contributed by atoms with Crippen molar-refractivity contribution in [3.8, 4) is 11.3 Å². The van der Waals surface area contributed by atoms with Crippen LogP contribution in [0.15, 0.2) is 45.3 Å². The third kappa shape index (κ3) is 4.69. The molecule has 2 rings (SSSR count). The monoisotopic (exact) mass is 378 g/mol. The average Bonchev–Trinajstić information content (AvgIpc) is 2.96. The molecule has 122 valence electrons. The van der Waals surface area contributed by atoms with Crippen LogP contribution in [0.2, 0.25) is 0 Å². The Morgan fingerprint density at radius 1 is 1.04 bits per heavy atom. The van der Waals surface area contributed by atoms with Crippen LogP contribution in [0.5, 0.6) is 0 Å². The van der Waals surface area contributed by atoms with Crippen molar-refractivity contribution in [1.29, 1.82) is 0 Å². The van der Waals surface area contributed by atoms with Gasteiger partial charge in [-0.1, -0.05) is 28.1 Å². The SMILES string of the molecule is CC(=O)N(C)CC(=O)N(C)Cc1ccc(-c2ccc(Br)cc2)o1. The van der Waals surface area contributed by atoms with Crippen LogP contribution in [-0.4, -0.2) is 42.3 Å². The fourth-order valence-electron chi connectivity index (χ4n) is 1.99. The third-order valence-electron chi connectivity index (χ3n) is 3.52. The summed E-state index contributed by atoms with van der Waals surface area (Å²) in [5.74, 6) is 1.19. The second-order valence-corrected chi connectivity index (χ2v) is 6.31. The standard InChI is InChI=1S/C17H19BrN2O3/c1-12(21)19(2)11-17(22)20(3)10-15-8-9-16(23-15)13-4-6-14(18)7-5-13/h4-9H,10-11H2,1-3H3. The van der Waals surface area contributed by atoms with Crippen LogP contribution in [0.4, 0.5) is 0 Å². The predicted octanol–water partition coefficient (Wildman–Crippen LogP) is 3.15. The van der Waals surface area contributed by atoms with Gasteiger partial charge in [-0.15, -0.1) is 0 Å². The summed E-state index contributed by atoms with van der Waals surface area (Å²) in [6.45, 7) is 1.86. The number of rotatable bonds is 5. The van der Waals surface area contributed by atoms with E-state index < -0.39 is 0 Å². The van der Waals surface area contributed by atoms with Gasteiger partial charge in [0, 0.05) is 31.1 Å². The molecular formula is C17H19BrN2O3. The number of nitrogens with zero attached hydrogens (tertiary/aromatic N) is 2. The maximum absolute atomic E-state index is 12.1. The first kappa shape index (κ1) is 17.3. The van der Waals surface area contributed by atoms with Gasteiger partial charge >= 0.3 is 0 Å². The van der Waals surface area contributed by atoms with Crippen molar-refractivity contribution in [2.75, 3.05) is 20.6 Å². The molecule has 0 saturated heterocycles. The molecule has 0 aliphatic rings. The zero-order valence-electron chi connectivity index (χ0n) is 13.4. The van der Waals surface area contributed by atoms with Gasteiger partial charge in [-0.2, -0.15) is 0 Å². The molecule has 1 heterocycles. The smallest absolute Gasteiger partial charge is 0.242 e. The predicted molar refractivity (Wildman–Crippen MR) is 91.6 cm³/mol. The fourth-order valence-corrected chi connectivity index (χ4v) is 2.25. The van der Waals surface area contributed by atoms with Crippen molar-refractivity contribution in [2.45, 2.75) is 13.5 Å². The highest BCUT2D eigenvalue weighted by Crippen LogP contribution is 2.24. The Bertz CT molecular complexity index is 694. The zero-order valence-corrected chi connectivity index (χ0v) is 15.0. The Morgan fingerprint density at radius 2 is 1.70 bits per heavy atom. The van der Waals surface area contributed by atoms with E-state index in [4.69, 9.17) is 4.42 Å². The number of hydrogen-bond acceptors (Lipinski definition) is 3. The molecule has 0 atom stereocenters. The minimum atomic E-state index is -0.137. The first-order valence-corrected chi connectivity index (χ1v) is 7.96. The van der Waals surface area contributed by atoms with Crippen LogP contribution in [0, 0.1) is 0 Å². The Labute approximate surface area is 144 Å². The Hall–Kier alpha value is -2.08. The molecule has 0 radical (unpaired) electrons. The molecule has 0 aliphatic carbocycles. The molecular weight excluding hydrogens is 360 g/mol. The lowest BCUT2D eigenvalue weighted by Gasteiger charge is -2.20. The average molecular weight is 379 g/mol. The van der Waals surface area contributed by atoms with Crippen LogP contribution in [0.25, 0.3) is 11.3 Å². The zero-order chi connectivity index (χ0) is 17.0. The van der Waals surface area contributed by atoms with Gasteiger partial charge in [0.05, 0.1) is 13.1 Å². The van der Waals surface area contributed by atoms with Gasteiger partial charge in [-0.25, -0.2) is 0 Å². The number of carbonyl (C=O) groups excluding carboxylic acids is 2. The molecule has 0 aliphatic heterocycles. The number of halogens is 1. The molecule has 0 unspecified atom stereocenters. The number of likely N-dealkylation sites (N-methyl/N-ethyl adjacent to an activating group) is 2. The van der Waals surface area contributed by atoms with Gasteiger partial charge in [0.2, 0.25) is 11.8 Å². The van der Waals surface area contributed by atoms with Crippen molar-refractivity contribution < 1.29 is 14.0 Å². The van der Waals surface area contributed by atoms with E-state index in [1.165, 1.54) is 11.8 Å². The van der Waals surface area contributed by atoms with E-state index in [9.17, 15) is 9.59 Å². The highest BCUT2D eigenvalue weighted by atomic mass is 79.9. The van der Waals surface area contributed by atoms with Gasteiger partial charge in [-0.05, 0) is 24.3 Å². The molecule has 1 aromatic heterocycles. The molecule has 1 aromatic carbocycles. The lowest BCUT2D eigenvalue weighted by molar-refractivity contribution is -0.137. The quantitative estimate of drug-likeness (QED) is 0.802. The summed E-state index contributed by atoms with van der Waals surface area (Å²) in [6, 6.07) is 11.6. The summed E-state index contributed by atoms with van der Waals surface area (Å²) >= 11 is 3.40. The lowest BCUT2D eigenvalue weighted by atomic mass is 10.2. The van der Waals surface area contributed by atoms with Gasteiger partial charge in [0.1, 0.15) is 11.5 Å². The number of hydrogen-bond donors (Lipinski definition) is 0. The largest absolute Gasteiger partial charge is 0.459 e. The first-order valence-electron chi connectivity index (χ1n) is 7.17. The number of amides is 2. The van der Waals surface area contributed by atoms with Crippen LogP contribution in [-0.2, 0) is 16.1 Å². The van der Waals surface area contributed by atoms with Gasteiger partial charge in [0.15, 0.2) is 0 Å². The number of furan rings is 1. The second kappa shape index (κ2) is 7.46. The normalized spacial score (nSPS) is 10.4. The summed E-state index contributed by atoms with van der Waals surface area (Å²) in [6.07, 6.45) is 0. The van der Waals surface area contributed by atoms with Crippen LogP contribution in [0.3, 0.4) is 0 Å². The highest BCUT2D eigenvalue weighted by Gasteiger charge is 2.15. The molecule has 0 bridgehead atoms. The van der Waals surface area contributed by atoms with Crippen molar-refractivity contribution in [1.82, 2.24) is 9.80 Å². The molecule has 0 saturated carbocycles. The van der Waals surface area contributed by atoms with E-state index in [1.807, 2.05) is 36.4 Å². The van der Waals surface area contributed by atoms with Crippen molar-refractivity contribution in [2.24, 2.45) is 0 Å². The van der Waals surface area contributed by atoms with E-state index in [0.29, 0.717) is 12.3 Å². The van der Waals surface area contributed by atoms with Gasteiger partial charge < -0.3 is 14.2 Å². The van der Waals surface area contributed by atoms with Crippen LogP contribution >= 0.6 is 15.9 Å². The maximum atomic E-state index is 12.1. The molecule has 0 spiro atoms. The molecule has 6 heteroatoms. The fraction of sp³-hybridized carbons (Fsp3) is 0.294. The van der Waals surface area contributed by atoms with E-state index in [2.05, 4.69) is 15.9 Å². The van der Waals surface area contributed by atoms with Gasteiger partial charge in [-0.3, -0.25) is 9.59 Å². The van der Waals surface area contributed by atoms with E-state index in [1.54, 1.807) is 19.0 Å². The highest BCUT2D eigenvalue weighted by molar-refractivity contribution is 9.10. The summed E-state index contributed by atoms with van der Waals surface area (Å²) in [4.78, 5) is 26.2. The second-order valence-electron chi connectivity index (χ2n) is 5.40. The summed E-state index contributed by atoms with van der Waals surface area (Å²) in [5, 5.41) is 0. The van der Waals surface area contributed by atoms with E-state index >= 15 is 0 Å². The van der Waals surface area contributed by atoms with E-state index in [0.717, 1.165) is 15.8 Å². The van der Waals surface area contributed by atoms with Crippen molar-refractivity contribution in [3.05, 3.63) is 46.6 Å². The van der Waals surface area contributed by atoms with E-state index in [-0.39, 0.29) is 18.4 Å². The van der Waals surface area contributed by atoms with Gasteiger partial charge in [0.25, 0.3) is 0 Å². The summed E-state index contributed by atoms with van der Waals surface area (Å²) < 4.78 is 6.80. The number of carbonyl (C=O) groups is 2. The molecule has 0 fully saturated rings.